The van der Waals surface area contributed by atoms with E-state index in [9.17, 15) is 8.42 Å². The van der Waals surface area contributed by atoms with Gasteiger partial charge >= 0.3 is 0 Å². The lowest BCUT2D eigenvalue weighted by atomic mass is 10.0. The van der Waals surface area contributed by atoms with Crippen molar-refractivity contribution < 1.29 is 22.1 Å². The third kappa shape index (κ3) is 4.13. The van der Waals surface area contributed by atoms with Gasteiger partial charge in [0.05, 0.1) is 4.90 Å². The summed E-state index contributed by atoms with van der Waals surface area (Å²) in [7, 11) is -3.89. The standard InChI is InChI=1S/C23H22O5S/c1-17-11-13-19(14-12-17)29(24,25)27-16-23(2)15-26-21-10-6-9-20(22(21)28-23)18-7-4-3-5-8-18/h3-14H,15-16H2,1-2H3. The summed E-state index contributed by atoms with van der Waals surface area (Å²) in [6.07, 6.45) is 0. The van der Waals surface area contributed by atoms with E-state index in [4.69, 9.17) is 13.7 Å². The van der Waals surface area contributed by atoms with Crippen LogP contribution in [0.1, 0.15) is 12.5 Å². The van der Waals surface area contributed by atoms with Crippen LogP contribution in [-0.2, 0) is 14.3 Å². The maximum atomic E-state index is 12.5. The lowest BCUT2D eigenvalue weighted by molar-refractivity contribution is -0.0244. The van der Waals surface area contributed by atoms with E-state index in [0.29, 0.717) is 11.5 Å². The van der Waals surface area contributed by atoms with Crippen LogP contribution in [0.15, 0.2) is 77.7 Å². The smallest absolute Gasteiger partial charge is 0.297 e. The van der Waals surface area contributed by atoms with E-state index >= 15 is 0 Å². The third-order valence-corrected chi connectivity index (χ3v) is 6.05. The van der Waals surface area contributed by atoms with Crippen molar-refractivity contribution in [2.45, 2.75) is 24.3 Å². The molecule has 0 spiro atoms. The number of hydrogen-bond acceptors (Lipinski definition) is 5. The first kappa shape index (κ1) is 19.5. The largest absolute Gasteiger partial charge is 0.485 e. The molecule has 6 heteroatoms. The summed E-state index contributed by atoms with van der Waals surface area (Å²) in [4.78, 5) is 0.119. The van der Waals surface area contributed by atoms with E-state index in [-0.39, 0.29) is 18.1 Å². The van der Waals surface area contributed by atoms with Gasteiger partial charge in [-0.2, -0.15) is 8.42 Å². The average Bonchev–Trinajstić information content (AvgIpc) is 2.73. The van der Waals surface area contributed by atoms with Gasteiger partial charge in [-0.1, -0.05) is 60.2 Å². The molecule has 0 radical (unpaired) electrons. The second kappa shape index (κ2) is 7.54. The highest BCUT2D eigenvalue weighted by atomic mass is 32.2. The fourth-order valence-electron chi connectivity index (χ4n) is 3.13. The quantitative estimate of drug-likeness (QED) is 0.576. The number of para-hydroxylation sites is 1. The first-order valence-electron chi connectivity index (χ1n) is 9.33. The lowest BCUT2D eigenvalue weighted by Gasteiger charge is -2.36. The summed E-state index contributed by atoms with van der Waals surface area (Å²) in [5, 5.41) is 0. The fourth-order valence-corrected chi connectivity index (χ4v) is 4.14. The summed E-state index contributed by atoms with van der Waals surface area (Å²) in [6, 6.07) is 22.1. The van der Waals surface area contributed by atoms with Gasteiger partial charge in [0.25, 0.3) is 10.1 Å². The Balaban J connectivity index is 1.56. The topological polar surface area (TPSA) is 61.8 Å². The van der Waals surface area contributed by atoms with Crippen LogP contribution in [0, 0.1) is 6.92 Å². The first-order chi connectivity index (χ1) is 13.9. The van der Waals surface area contributed by atoms with Gasteiger partial charge in [0.2, 0.25) is 0 Å². The Morgan fingerprint density at radius 3 is 2.41 bits per heavy atom. The monoisotopic (exact) mass is 410 g/mol. The molecule has 0 aliphatic carbocycles. The van der Waals surface area contributed by atoms with Gasteiger partial charge in [-0.15, -0.1) is 0 Å². The average molecular weight is 410 g/mol. The van der Waals surface area contributed by atoms with Gasteiger partial charge in [-0.3, -0.25) is 4.18 Å². The van der Waals surface area contributed by atoms with Crippen LogP contribution in [0.4, 0.5) is 0 Å². The van der Waals surface area contributed by atoms with Gasteiger partial charge in [-0.05, 0) is 37.6 Å². The third-order valence-electron chi connectivity index (χ3n) is 4.77. The Hall–Kier alpha value is -2.83. The van der Waals surface area contributed by atoms with Crippen molar-refractivity contribution >= 4 is 10.1 Å². The molecule has 0 amide bonds. The van der Waals surface area contributed by atoms with Crippen molar-refractivity contribution in [3.63, 3.8) is 0 Å². The van der Waals surface area contributed by atoms with Crippen LogP contribution in [0.25, 0.3) is 11.1 Å². The number of rotatable bonds is 5. The highest BCUT2D eigenvalue weighted by Crippen LogP contribution is 2.43. The fraction of sp³-hybridized carbons (Fsp3) is 0.217. The van der Waals surface area contributed by atoms with E-state index in [1.165, 1.54) is 12.1 Å². The van der Waals surface area contributed by atoms with Crippen LogP contribution >= 0.6 is 0 Å². The molecular weight excluding hydrogens is 388 g/mol. The number of ether oxygens (including phenoxy) is 2. The Kier molecular flexibility index (Phi) is 5.06. The zero-order chi connectivity index (χ0) is 20.5. The zero-order valence-electron chi connectivity index (χ0n) is 16.3. The second-order valence-corrected chi connectivity index (χ2v) is 8.98. The highest BCUT2D eigenvalue weighted by Gasteiger charge is 2.37. The molecule has 0 N–H and O–H groups in total. The predicted octanol–water partition coefficient (Wildman–Crippen LogP) is 4.60. The van der Waals surface area contributed by atoms with E-state index in [1.54, 1.807) is 19.1 Å². The van der Waals surface area contributed by atoms with Crippen LogP contribution in [-0.4, -0.2) is 27.2 Å². The minimum atomic E-state index is -3.89. The molecule has 5 nitrogen and oxygen atoms in total. The van der Waals surface area contributed by atoms with Gasteiger partial charge < -0.3 is 9.47 Å². The molecule has 3 aromatic carbocycles. The molecule has 4 rings (SSSR count). The van der Waals surface area contributed by atoms with Crippen LogP contribution < -0.4 is 9.47 Å². The molecule has 1 atom stereocenters. The summed E-state index contributed by atoms with van der Waals surface area (Å²) < 4.78 is 42.5. The Morgan fingerprint density at radius 1 is 0.966 bits per heavy atom. The van der Waals surface area contributed by atoms with Gasteiger partial charge in [0.1, 0.15) is 13.2 Å². The molecule has 1 aliphatic heterocycles. The molecule has 0 saturated heterocycles. The lowest BCUT2D eigenvalue weighted by Crippen LogP contribution is -2.46. The Morgan fingerprint density at radius 2 is 1.69 bits per heavy atom. The maximum absolute atomic E-state index is 12.5. The molecule has 29 heavy (non-hydrogen) atoms. The van der Waals surface area contributed by atoms with E-state index in [1.807, 2.05) is 55.5 Å². The van der Waals surface area contributed by atoms with Gasteiger partial charge in [-0.25, -0.2) is 0 Å². The van der Waals surface area contributed by atoms with Gasteiger partial charge in [0, 0.05) is 5.56 Å². The first-order valence-corrected chi connectivity index (χ1v) is 10.7. The molecule has 0 fully saturated rings. The molecule has 0 aromatic heterocycles. The minimum Gasteiger partial charge on any atom is -0.485 e. The molecule has 150 valence electrons. The number of aryl methyl sites for hydroxylation is 1. The number of fused-ring (bicyclic) bond motifs is 1. The van der Waals surface area contributed by atoms with Crippen molar-refractivity contribution in [2.75, 3.05) is 13.2 Å². The molecule has 1 heterocycles. The number of benzene rings is 3. The molecular formula is C23H22O5S. The predicted molar refractivity (Wildman–Crippen MR) is 111 cm³/mol. The van der Waals surface area contributed by atoms with Crippen molar-refractivity contribution in [2.24, 2.45) is 0 Å². The summed E-state index contributed by atoms with van der Waals surface area (Å²) in [6.45, 7) is 3.70. The molecule has 0 saturated carbocycles. The highest BCUT2D eigenvalue weighted by molar-refractivity contribution is 7.86. The number of hydrogen-bond donors (Lipinski definition) is 0. The minimum absolute atomic E-state index is 0.119. The summed E-state index contributed by atoms with van der Waals surface area (Å²) in [5.41, 5.74) is 1.90. The normalized spacial score (nSPS) is 18.4. The zero-order valence-corrected chi connectivity index (χ0v) is 17.1. The summed E-state index contributed by atoms with van der Waals surface area (Å²) in [5.74, 6) is 1.22. The van der Waals surface area contributed by atoms with Crippen molar-refractivity contribution in [3.05, 3.63) is 78.4 Å². The van der Waals surface area contributed by atoms with Crippen molar-refractivity contribution in [1.29, 1.82) is 0 Å². The molecule has 3 aromatic rings. The van der Waals surface area contributed by atoms with Crippen molar-refractivity contribution in [1.82, 2.24) is 0 Å². The van der Waals surface area contributed by atoms with E-state index in [2.05, 4.69) is 0 Å². The SMILES string of the molecule is Cc1ccc(S(=O)(=O)OCC2(C)COc3cccc(-c4ccccc4)c3O2)cc1. The Labute approximate surface area is 171 Å². The molecule has 1 aliphatic rings. The van der Waals surface area contributed by atoms with Crippen molar-refractivity contribution in [3.8, 4) is 22.6 Å². The van der Waals surface area contributed by atoms with Crippen LogP contribution in [0.3, 0.4) is 0 Å². The van der Waals surface area contributed by atoms with Crippen LogP contribution in [0.5, 0.6) is 11.5 Å². The van der Waals surface area contributed by atoms with E-state index < -0.39 is 15.7 Å². The maximum Gasteiger partial charge on any atom is 0.297 e. The molecule has 0 bridgehead atoms. The van der Waals surface area contributed by atoms with E-state index in [0.717, 1.165) is 16.7 Å². The second-order valence-electron chi connectivity index (χ2n) is 7.37. The van der Waals surface area contributed by atoms with Gasteiger partial charge in [0.15, 0.2) is 17.1 Å². The molecule has 1 unspecified atom stereocenters. The van der Waals surface area contributed by atoms with Crippen LogP contribution in [0.2, 0.25) is 0 Å². The summed E-state index contributed by atoms with van der Waals surface area (Å²) >= 11 is 0. The Bertz CT molecular complexity index is 1110.